The standard InChI is InChI=1S/C31H52NO10.BrH/c1-8-15-24(33)38-22-23-28(40-25(34)16-9-2)29(41-26(35)17-10-3)30(42-27(36)18-11-4)31(39-23)37-21-14-13-20-32(6,7)19-12-5;/h5,23,28-31H,8-11,13-22H2,1-4,6-7H3;1H/q+1;/p-1/t23-,28-,29+,30-,31?;/m1./s1. The van der Waals surface area contributed by atoms with E-state index in [1.54, 1.807) is 0 Å². The topological polar surface area (TPSA) is 124 Å². The summed E-state index contributed by atoms with van der Waals surface area (Å²) in [6, 6.07) is 0. The van der Waals surface area contributed by atoms with Crippen molar-refractivity contribution in [2.75, 3.05) is 40.4 Å². The summed E-state index contributed by atoms with van der Waals surface area (Å²) in [5.74, 6) is 0.614. The van der Waals surface area contributed by atoms with Crippen molar-refractivity contribution in [2.24, 2.45) is 0 Å². The molecule has 0 aromatic heterocycles. The molecule has 12 heteroatoms. The molecule has 0 radical (unpaired) electrons. The number of hydrogen-bond donors (Lipinski definition) is 0. The zero-order chi connectivity index (χ0) is 31.5. The number of halogens is 1. The minimum atomic E-state index is -1.23. The highest BCUT2D eigenvalue weighted by Crippen LogP contribution is 2.31. The van der Waals surface area contributed by atoms with E-state index in [0.29, 0.717) is 43.1 Å². The highest BCUT2D eigenvalue weighted by molar-refractivity contribution is 5.72. The molecule has 1 aliphatic heterocycles. The molecule has 0 aromatic carbocycles. The van der Waals surface area contributed by atoms with E-state index in [4.69, 9.17) is 34.8 Å². The predicted octanol–water partition coefficient (Wildman–Crippen LogP) is 0.701. The number of carbonyl (C=O) groups excluding carboxylic acids is 4. The zero-order valence-corrected chi connectivity index (χ0v) is 28.4. The fourth-order valence-corrected chi connectivity index (χ4v) is 4.41. The van der Waals surface area contributed by atoms with Gasteiger partial charge in [-0.25, -0.2) is 0 Å². The smallest absolute Gasteiger partial charge is 0.306 e. The van der Waals surface area contributed by atoms with Crippen molar-refractivity contribution in [3.8, 4) is 12.3 Å². The molecule has 0 bridgehead atoms. The Morgan fingerprint density at radius 1 is 0.744 bits per heavy atom. The van der Waals surface area contributed by atoms with Crippen molar-refractivity contribution in [2.45, 2.75) is 123 Å². The number of carbonyl (C=O) groups is 4. The molecule has 1 heterocycles. The minimum absolute atomic E-state index is 0. The quantitative estimate of drug-likeness (QED) is 0.0598. The summed E-state index contributed by atoms with van der Waals surface area (Å²) < 4.78 is 35.7. The molecule has 1 saturated heterocycles. The molecular weight excluding hydrogens is 626 g/mol. The van der Waals surface area contributed by atoms with E-state index in [1.165, 1.54) is 0 Å². The molecule has 0 aliphatic carbocycles. The lowest BCUT2D eigenvalue weighted by molar-refractivity contribution is -0.883. The van der Waals surface area contributed by atoms with E-state index in [1.807, 2.05) is 41.8 Å². The molecule has 0 N–H and O–H groups in total. The van der Waals surface area contributed by atoms with Gasteiger partial charge in [0.1, 0.15) is 19.3 Å². The van der Waals surface area contributed by atoms with Crippen LogP contribution in [-0.4, -0.2) is 99.5 Å². The SMILES string of the molecule is C#CC[N+](C)(C)CCCCOC1O[C@H](COC(=O)CCC)[C@@H](OC(=O)CCC)[C@H](OC(=O)CCC)[C@H]1OC(=O)CCC.[Br-]. The first-order valence-electron chi connectivity index (χ1n) is 15.3. The fourth-order valence-electron chi connectivity index (χ4n) is 4.41. The summed E-state index contributed by atoms with van der Waals surface area (Å²) in [5, 5.41) is 0. The lowest BCUT2D eigenvalue weighted by Gasteiger charge is -2.44. The Balaban J connectivity index is 0.0000176. The first kappa shape index (κ1) is 40.8. The molecule has 43 heavy (non-hydrogen) atoms. The van der Waals surface area contributed by atoms with E-state index in [0.717, 1.165) is 13.0 Å². The van der Waals surface area contributed by atoms with Crippen LogP contribution in [0.25, 0.3) is 0 Å². The molecule has 0 amide bonds. The van der Waals surface area contributed by atoms with Crippen LogP contribution in [0.2, 0.25) is 0 Å². The van der Waals surface area contributed by atoms with E-state index < -0.39 is 54.6 Å². The van der Waals surface area contributed by atoms with Crippen molar-refractivity contribution in [3.63, 3.8) is 0 Å². The summed E-state index contributed by atoms with van der Waals surface area (Å²) in [7, 11) is 4.10. The monoisotopic (exact) mass is 677 g/mol. The average molecular weight is 679 g/mol. The third kappa shape index (κ3) is 15.9. The summed E-state index contributed by atoms with van der Waals surface area (Å²) in [6.07, 6.45) is 3.85. The lowest BCUT2D eigenvalue weighted by Crippen LogP contribution is -3.00. The largest absolute Gasteiger partial charge is 1.00 e. The second-order valence-corrected chi connectivity index (χ2v) is 11.2. The normalized spacial score (nSPS) is 21.6. The van der Waals surface area contributed by atoms with Gasteiger partial charge >= 0.3 is 23.9 Å². The van der Waals surface area contributed by atoms with Crippen LogP contribution < -0.4 is 17.0 Å². The number of nitrogens with zero attached hydrogens (tertiary/aromatic N) is 1. The van der Waals surface area contributed by atoms with Crippen molar-refractivity contribution in [1.82, 2.24) is 0 Å². The zero-order valence-electron chi connectivity index (χ0n) is 26.8. The Kier molecular flexibility index (Phi) is 21.2. The molecule has 0 saturated carbocycles. The number of quaternary nitrogens is 1. The van der Waals surface area contributed by atoms with Gasteiger partial charge in [0, 0.05) is 25.7 Å². The summed E-state index contributed by atoms with van der Waals surface area (Å²) in [6.45, 7) is 8.75. The van der Waals surface area contributed by atoms with Crippen LogP contribution in [0.3, 0.4) is 0 Å². The maximum absolute atomic E-state index is 12.8. The lowest BCUT2D eigenvalue weighted by atomic mass is 9.97. The highest BCUT2D eigenvalue weighted by Gasteiger charge is 2.53. The number of ether oxygens (including phenoxy) is 6. The van der Waals surface area contributed by atoms with Crippen LogP contribution in [0, 0.1) is 12.3 Å². The van der Waals surface area contributed by atoms with Gasteiger partial charge in [-0.15, -0.1) is 6.42 Å². The number of esters is 4. The summed E-state index contributed by atoms with van der Waals surface area (Å²) in [5.41, 5.74) is 0. The van der Waals surface area contributed by atoms with Gasteiger partial charge < -0.3 is 49.9 Å². The maximum Gasteiger partial charge on any atom is 0.306 e. The molecule has 0 aromatic rings. The Labute approximate surface area is 267 Å². The van der Waals surface area contributed by atoms with Crippen molar-refractivity contribution in [3.05, 3.63) is 0 Å². The molecule has 1 unspecified atom stereocenters. The van der Waals surface area contributed by atoms with Gasteiger partial charge in [0.15, 0.2) is 24.6 Å². The third-order valence-corrected chi connectivity index (χ3v) is 6.58. The van der Waals surface area contributed by atoms with Crippen molar-refractivity contribution >= 4 is 23.9 Å². The van der Waals surface area contributed by atoms with E-state index in [2.05, 4.69) is 5.92 Å². The van der Waals surface area contributed by atoms with Gasteiger partial charge in [0.2, 0.25) is 0 Å². The van der Waals surface area contributed by atoms with Crippen LogP contribution in [0.5, 0.6) is 0 Å². The van der Waals surface area contributed by atoms with Gasteiger partial charge in [-0.1, -0.05) is 27.7 Å². The van der Waals surface area contributed by atoms with Gasteiger partial charge in [-0.05, 0) is 44.4 Å². The second kappa shape index (κ2) is 22.3. The minimum Gasteiger partial charge on any atom is -1.00 e. The van der Waals surface area contributed by atoms with E-state index in [9.17, 15) is 19.2 Å². The van der Waals surface area contributed by atoms with E-state index >= 15 is 0 Å². The summed E-state index contributed by atoms with van der Waals surface area (Å²) in [4.78, 5) is 50.3. The number of terminal acetylenes is 1. The second-order valence-electron chi connectivity index (χ2n) is 11.2. The van der Waals surface area contributed by atoms with E-state index in [-0.39, 0.29) is 55.9 Å². The van der Waals surface area contributed by atoms with Crippen molar-refractivity contribution < 1.29 is 69.1 Å². The average Bonchev–Trinajstić information content (AvgIpc) is 2.91. The molecule has 1 fully saturated rings. The number of hydrogen-bond acceptors (Lipinski definition) is 10. The van der Waals surface area contributed by atoms with Crippen molar-refractivity contribution in [1.29, 1.82) is 0 Å². The maximum atomic E-state index is 12.8. The molecule has 1 aliphatic rings. The Bertz CT molecular complexity index is 890. The number of unbranched alkanes of at least 4 members (excludes halogenated alkanes) is 1. The Morgan fingerprint density at radius 2 is 1.23 bits per heavy atom. The van der Waals surface area contributed by atoms with Gasteiger partial charge in [0.25, 0.3) is 0 Å². The molecule has 11 nitrogen and oxygen atoms in total. The van der Waals surface area contributed by atoms with Crippen LogP contribution >= 0.6 is 0 Å². The first-order valence-corrected chi connectivity index (χ1v) is 15.3. The molecule has 0 spiro atoms. The number of rotatable bonds is 20. The van der Waals surface area contributed by atoms with Crippen LogP contribution in [-0.2, 0) is 47.6 Å². The van der Waals surface area contributed by atoms with Crippen LogP contribution in [0.15, 0.2) is 0 Å². The van der Waals surface area contributed by atoms with Crippen LogP contribution in [0.1, 0.15) is 91.9 Å². The molecular formula is C31H52BrNO10. The first-order chi connectivity index (χ1) is 20.0. The predicted molar refractivity (Wildman–Crippen MR) is 155 cm³/mol. The van der Waals surface area contributed by atoms with Gasteiger partial charge in [-0.2, -0.15) is 0 Å². The molecule has 5 atom stereocenters. The van der Waals surface area contributed by atoms with Gasteiger partial charge in [-0.3, -0.25) is 19.2 Å². The Hall–Kier alpha value is -2.20. The van der Waals surface area contributed by atoms with Gasteiger partial charge in [0.05, 0.1) is 27.2 Å². The fraction of sp³-hybridized carbons (Fsp3) is 0.806. The third-order valence-electron chi connectivity index (χ3n) is 6.58. The summed E-state index contributed by atoms with van der Waals surface area (Å²) >= 11 is 0. The molecule has 248 valence electrons. The highest BCUT2D eigenvalue weighted by atomic mass is 79.9. The Morgan fingerprint density at radius 3 is 1.74 bits per heavy atom. The van der Waals surface area contributed by atoms with Crippen LogP contribution in [0.4, 0.5) is 0 Å². The molecule has 1 rings (SSSR count).